The predicted molar refractivity (Wildman–Crippen MR) is 101 cm³/mol. The molecule has 6 heteroatoms. The van der Waals surface area contributed by atoms with E-state index in [1.165, 1.54) is 0 Å². The first-order valence-electron chi connectivity index (χ1n) is 8.66. The molecule has 0 bridgehead atoms. The van der Waals surface area contributed by atoms with Crippen molar-refractivity contribution in [2.75, 3.05) is 19.6 Å². The van der Waals surface area contributed by atoms with Gasteiger partial charge in [-0.1, -0.05) is 23.7 Å². The number of hydrogen-bond donors (Lipinski definition) is 1. The van der Waals surface area contributed by atoms with Crippen LogP contribution in [0.15, 0.2) is 53.2 Å². The first-order valence-corrected chi connectivity index (χ1v) is 9.04. The van der Waals surface area contributed by atoms with Crippen LogP contribution in [0.1, 0.15) is 29.0 Å². The molecule has 2 amide bonds. The number of likely N-dealkylation sites (tertiary alicyclic amines) is 1. The van der Waals surface area contributed by atoms with Crippen LogP contribution < -0.4 is 5.32 Å². The Morgan fingerprint density at radius 2 is 1.96 bits per heavy atom. The maximum Gasteiger partial charge on any atom is 0.252 e. The van der Waals surface area contributed by atoms with Crippen molar-refractivity contribution in [3.63, 3.8) is 0 Å². The Hall–Kier alpha value is -2.53. The average molecular weight is 373 g/mol. The van der Waals surface area contributed by atoms with E-state index >= 15 is 0 Å². The molecule has 0 unspecified atom stereocenters. The molecule has 0 radical (unpaired) electrons. The zero-order chi connectivity index (χ0) is 18.4. The van der Waals surface area contributed by atoms with Gasteiger partial charge in [-0.15, -0.1) is 0 Å². The molecule has 1 aromatic carbocycles. The van der Waals surface area contributed by atoms with Crippen LogP contribution in [0.2, 0.25) is 5.02 Å². The summed E-state index contributed by atoms with van der Waals surface area (Å²) < 4.78 is 5.18. The highest BCUT2D eigenvalue weighted by atomic mass is 35.5. The van der Waals surface area contributed by atoms with Gasteiger partial charge in [-0.05, 0) is 49.1 Å². The Morgan fingerprint density at radius 3 is 2.65 bits per heavy atom. The Bertz CT molecular complexity index is 778. The van der Waals surface area contributed by atoms with Gasteiger partial charge in [-0.3, -0.25) is 9.59 Å². The number of amides is 2. The molecule has 26 heavy (non-hydrogen) atoms. The number of nitrogens with one attached hydrogen (secondary N) is 1. The van der Waals surface area contributed by atoms with E-state index in [0.29, 0.717) is 41.9 Å². The molecule has 1 saturated heterocycles. The standard InChI is InChI=1S/C20H21ClN2O3/c21-18-6-2-1-5-17(18)20(25)22-14-15-9-11-23(12-10-15)19(24)8-7-16-4-3-13-26-16/h1-8,13,15H,9-12,14H2,(H,22,25)/b8-7+. The van der Waals surface area contributed by atoms with Crippen LogP contribution >= 0.6 is 11.6 Å². The lowest BCUT2D eigenvalue weighted by Gasteiger charge is -2.31. The van der Waals surface area contributed by atoms with Gasteiger partial charge < -0.3 is 14.6 Å². The number of carbonyl (C=O) groups excluding carboxylic acids is 2. The predicted octanol–water partition coefficient (Wildman–Crippen LogP) is 3.61. The largest absolute Gasteiger partial charge is 0.465 e. The lowest BCUT2D eigenvalue weighted by atomic mass is 9.96. The molecular weight excluding hydrogens is 352 g/mol. The molecule has 0 saturated carbocycles. The Labute approximate surface area is 157 Å². The monoisotopic (exact) mass is 372 g/mol. The van der Waals surface area contributed by atoms with E-state index in [1.807, 2.05) is 4.90 Å². The van der Waals surface area contributed by atoms with Crippen LogP contribution in [-0.4, -0.2) is 36.3 Å². The maximum atomic E-state index is 12.2. The molecule has 2 heterocycles. The third-order valence-corrected chi connectivity index (χ3v) is 4.86. The smallest absolute Gasteiger partial charge is 0.252 e. The van der Waals surface area contributed by atoms with Gasteiger partial charge in [0.1, 0.15) is 5.76 Å². The summed E-state index contributed by atoms with van der Waals surface area (Å²) in [5, 5.41) is 3.40. The lowest BCUT2D eigenvalue weighted by Crippen LogP contribution is -2.41. The number of furan rings is 1. The molecule has 1 aliphatic rings. The molecule has 5 nitrogen and oxygen atoms in total. The fourth-order valence-electron chi connectivity index (χ4n) is 2.98. The summed E-state index contributed by atoms with van der Waals surface area (Å²) in [6.45, 7) is 1.97. The Balaban J connectivity index is 1.43. The summed E-state index contributed by atoms with van der Waals surface area (Å²) in [4.78, 5) is 26.2. The maximum absolute atomic E-state index is 12.2. The van der Waals surface area contributed by atoms with Crippen LogP contribution in [0.25, 0.3) is 6.08 Å². The highest BCUT2D eigenvalue weighted by Gasteiger charge is 2.22. The van der Waals surface area contributed by atoms with Crippen molar-refractivity contribution in [1.29, 1.82) is 0 Å². The molecule has 0 atom stereocenters. The van der Waals surface area contributed by atoms with Gasteiger partial charge >= 0.3 is 0 Å². The number of hydrogen-bond acceptors (Lipinski definition) is 3. The molecule has 2 aromatic rings. The van der Waals surface area contributed by atoms with Gasteiger partial charge in [0.05, 0.1) is 16.8 Å². The van der Waals surface area contributed by atoms with Crippen molar-refractivity contribution in [3.8, 4) is 0 Å². The van der Waals surface area contributed by atoms with Crippen molar-refractivity contribution in [2.24, 2.45) is 5.92 Å². The van der Waals surface area contributed by atoms with Crippen LogP contribution in [0, 0.1) is 5.92 Å². The summed E-state index contributed by atoms with van der Waals surface area (Å²) in [6, 6.07) is 10.6. The van der Waals surface area contributed by atoms with Gasteiger partial charge in [-0.2, -0.15) is 0 Å². The van der Waals surface area contributed by atoms with E-state index in [2.05, 4.69) is 5.32 Å². The average Bonchev–Trinajstić information content (AvgIpc) is 3.18. The summed E-state index contributed by atoms with van der Waals surface area (Å²) >= 11 is 6.04. The fraction of sp³-hybridized carbons (Fsp3) is 0.300. The number of rotatable bonds is 5. The SMILES string of the molecule is O=C(NCC1CCN(C(=O)/C=C/c2ccco2)CC1)c1ccccc1Cl. The summed E-state index contributed by atoms with van der Waals surface area (Å²) in [5.74, 6) is 0.852. The normalized spacial score (nSPS) is 15.3. The summed E-state index contributed by atoms with van der Waals surface area (Å²) in [6.07, 6.45) is 6.52. The van der Waals surface area contributed by atoms with Crippen LogP contribution in [-0.2, 0) is 4.79 Å². The van der Waals surface area contributed by atoms with Crippen LogP contribution in [0.3, 0.4) is 0 Å². The molecule has 1 aromatic heterocycles. The van der Waals surface area contributed by atoms with Gasteiger partial charge in [0.25, 0.3) is 5.91 Å². The van der Waals surface area contributed by atoms with Crippen LogP contribution in [0.4, 0.5) is 0 Å². The first kappa shape index (κ1) is 18.3. The Kier molecular flexibility index (Phi) is 6.12. The molecule has 1 aliphatic heterocycles. The number of piperidine rings is 1. The van der Waals surface area contributed by atoms with Gasteiger partial charge in [0.15, 0.2) is 0 Å². The van der Waals surface area contributed by atoms with Crippen molar-refractivity contribution in [1.82, 2.24) is 10.2 Å². The highest BCUT2D eigenvalue weighted by molar-refractivity contribution is 6.33. The minimum absolute atomic E-state index is 0.0139. The van der Waals surface area contributed by atoms with E-state index < -0.39 is 0 Å². The van der Waals surface area contributed by atoms with Gasteiger partial charge in [0, 0.05) is 25.7 Å². The minimum atomic E-state index is -0.157. The molecule has 136 valence electrons. The minimum Gasteiger partial charge on any atom is -0.465 e. The van der Waals surface area contributed by atoms with Crippen molar-refractivity contribution in [3.05, 3.63) is 65.1 Å². The second-order valence-electron chi connectivity index (χ2n) is 6.31. The topological polar surface area (TPSA) is 62.6 Å². The number of nitrogens with zero attached hydrogens (tertiary/aromatic N) is 1. The zero-order valence-corrected chi connectivity index (χ0v) is 15.1. The molecule has 1 N–H and O–H groups in total. The second kappa shape index (κ2) is 8.72. The van der Waals surface area contributed by atoms with Crippen molar-refractivity contribution >= 4 is 29.5 Å². The molecule has 1 fully saturated rings. The molecule has 0 spiro atoms. The lowest BCUT2D eigenvalue weighted by molar-refractivity contribution is -0.127. The quantitative estimate of drug-likeness (QED) is 0.815. The van der Waals surface area contributed by atoms with E-state index in [-0.39, 0.29) is 11.8 Å². The zero-order valence-electron chi connectivity index (χ0n) is 14.4. The highest BCUT2D eigenvalue weighted by Crippen LogP contribution is 2.18. The molecule has 3 rings (SSSR count). The molecular formula is C20H21ClN2O3. The summed E-state index contributed by atoms with van der Waals surface area (Å²) in [5.41, 5.74) is 0.491. The number of halogens is 1. The van der Waals surface area contributed by atoms with Gasteiger partial charge in [0.2, 0.25) is 5.91 Å². The Morgan fingerprint density at radius 1 is 1.19 bits per heavy atom. The number of carbonyl (C=O) groups is 2. The van der Waals surface area contributed by atoms with Crippen molar-refractivity contribution < 1.29 is 14.0 Å². The third kappa shape index (κ3) is 4.76. The van der Waals surface area contributed by atoms with Gasteiger partial charge in [-0.25, -0.2) is 0 Å². The summed E-state index contributed by atoms with van der Waals surface area (Å²) in [7, 11) is 0. The van der Waals surface area contributed by atoms with Crippen molar-refractivity contribution in [2.45, 2.75) is 12.8 Å². The molecule has 0 aliphatic carbocycles. The fourth-order valence-corrected chi connectivity index (χ4v) is 3.20. The van der Waals surface area contributed by atoms with E-state index in [4.69, 9.17) is 16.0 Å². The van der Waals surface area contributed by atoms with E-state index in [1.54, 1.807) is 54.8 Å². The van der Waals surface area contributed by atoms with Crippen LogP contribution in [0.5, 0.6) is 0 Å². The van der Waals surface area contributed by atoms with E-state index in [0.717, 1.165) is 12.8 Å². The first-order chi connectivity index (χ1) is 12.6. The third-order valence-electron chi connectivity index (χ3n) is 4.53. The number of benzene rings is 1. The second-order valence-corrected chi connectivity index (χ2v) is 6.71. The van der Waals surface area contributed by atoms with E-state index in [9.17, 15) is 9.59 Å².